The molecule has 0 saturated heterocycles. The summed E-state index contributed by atoms with van der Waals surface area (Å²) < 4.78 is 0. The van der Waals surface area contributed by atoms with E-state index in [1.165, 1.54) is 11.3 Å². The predicted molar refractivity (Wildman–Crippen MR) is 68.6 cm³/mol. The normalized spacial score (nSPS) is 10.3. The van der Waals surface area contributed by atoms with E-state index in [2.05, 4.69) is 0 Å². The summed E-state index contributed by atoms with van der Waals surface area (Å²) in [6, 6.07) is 9.26. The van der Waals surface area contributed by atoms with Gasteiger partial charge in [-0.3, -0.25) is 4.79 Å². The Morgan fingerprint density at radius 1 is 1.12 bits per heavy atom. The molecule has 4 heteroatoms. The molecule has 2 rings (SSSR count). The zero-order valence-electron chi connectivity index (χ0n) is 8.86. The minimum absolute atomic E-state index is 0.0830. The molecule has 82 valence electrons. The van der Waals surface area contributed by atoms with Gasteiger partial charge in [0.15, 0.2) is 5.78 Å². The molecule has 0 fully saturated rings. The van der Waals surface area contributed by atoms with Crippen LogP contribution in [-0.2, 0) is 0 Å². The first-order valence-electron chi connectivity index (χ1n) is 4.84. The maximum atomic E-state index is 11.2. The van der Waals surface area contributed by atoms with E-state index in [1.54, 1.807) is 13.0 Å². The lowest BCUT2D eigenvalue weighted by atomic mass is 10.1. The third-order valence-electron chi connectivity index (χ3n) is 2.32. The standard InChI is InChI=1S/C12H12N2OS/c1-7(15)11-4-5-12(16-11)8-2-3-9(13)10(14)6-8/h2-6H,13-14H2,1H3. The molecule has 0 aliphatic rings. The van der Waals surface area contributed by atoms with Crippen LogP contribution in [0.1, 0.15) is 16.6 Å². The Morgan fingerprint density at radius 3 is 2.44 bits per heavy atom. The Labute approximate surface area is 97.7 Å². The van der Waals surface area contributed by atoms with Crippen molar-refractivity contribution in [1.29, 1.82) is 0 Å². The quantitative estimate of drug-likeness (QED) is 0.618. The number of carbonyl (C=O) groups is 1. The molecule has 0 aliphatic heterocycles. The first-order valence-corrected chi connectivity index (χ1v) is 5.65. The molecule has 1 heterocycles. The predicted octanol–water partition coefficient (Wildman–Crippen LogP) is 2.78. The first-order chi connectivity index (χ1) is 7.58. The minimum atomic E-state index is 0.0830. The van der Waals surface area contributed by atoms with Crippen molar-refractivity contribution in [2.24, 2.45) is 0 Å². The molecule has 3 nitrogen and oxygen atoms in total. The molecule has 0 atom stereocenters. The number of thiophene rings is 1. The molecule has 4 N–H and O–H groups in total. The topological polar surface area (TPSA) is 69.1 Å². The fraction of sp³-hybridized carbons (Fsp3) is 0.0833. The van der Waals surface area contributed by atoms with Gasteiger partial charge in [0.05, 0.1) is 16.3 Å². The lowest BCUT2D eigenvalue weighted by Gasteiger charge is -2.02. The van der Waals surface area contributed by atoms with Crippen molar-refractivity contribution in [2.45, 2.75) is 6.92 Å². The van der Waals surface area contributed by atoms with E-state index in [0.717, 1.165) is 15.3 Å². The van der Waals surface area contributed by atoms with Crippen LogP contribution >= 0.6 is 11.3 Å². The summed E-state index contributed by atoms with van der Waals surface area (Å²) >= 11 is 1.46. The number of benzene rings is 1. The molecule has 0 radical (unpaired) electrons. The van der Waals surface area contributed by atoms with Crippen LogP contribution in [0.2, 0.25) is 0 Å². The Hall–Kier alpha value is -1.81. The number of hydrogen-bond acceptors (Lipinski definition) is 4. The van der Waals surface area contributed by atoms with Gasteiger partial charge in [0.1, 0.15) is 0 Å². The molecule has 16 heavy (non-hydrogen) atoms. The van der Waals surface area contributed by atoms with Crippen molar-refractivity contribution in [3.8, 4) is 10.4 Å². The molecule has 2 aromatic rings. The van der Waals surface area contributed by atoms with Crippen molar-refractivity contribution >= 4 is 28.5 Å². The van der Waals surface area contributed by atoms with Crippen molar-refractivity contribution in [3.63, 3.8) is 0 Å². The summed E-state index contributed by atoms with van der Waals surface area (Å²) in [6.45, 7) is 1.56. The van der Waals surface area contributed by atoms with Crippen molar-refractivity contribution < 1.29 is 4.79 Å². The number of rotatable bonds is 2. The second-order valence-electron chi connectivity index (χ2n) is 3.56. The number of nitrogens with two attached hydrogens (primary N) is 2. The van der Waals surface area contributed by atoms with Crippen LogP contribution in [0.3, 0.4) is 0 Å². The molecule has 0 unspecified atom stereocenters. The summed E-state index contributed by atoms with van der Waals surface area (Å²) in [7, 11) is 0. The van der Waals surface area contributed by atoms with Gasteiger partial charge in [-0.2, -0.15) is 0 Å². The smallest absolute Gasteiger partial charge is 0.169 e. The average Bonchev–Trinajstić information content (AvgIpc) is 2.71. The van der Waals surface area contributed by atoms with Gasteiger partial charge >= 0.3 is 0 Å². The summed E-state index contributed by atoms with van der Waals surface area (Å²) in [5.74, 6) is 0.0830. The Kier molecular flexibility index (Phi) is 2.66. The number of hydrogen-bond donors (Lipinski definition) is 2. The monoisotopic (exact) mass is 232 g/mol. The molecule has 0 aliphatic carbocycles. The van der Waals surface area contributed by atoms with E-state index < -0.39 is 0 Å². The van der Waals surface area contributed by atoms with Gasteiger partial charge in [-0.25, -0.2) is 0 Å². The van der Waals surface area contributed by atoms with Gasteiger partial charge in [0, 0.05) is 4.88 Å². The van der Waals surface area contributed by atoms with Gasteiger partial charge in [0.2, 0.25) is 0 Å². The highest BCUT2D eigenvalue weighted by Crippen LogP contribution is 2.31. The SMILES string of the molecule is CC(=O)c1ccc(-c2ccc(N)c(N)c2)s1. The van der Waals surface area contributed by atoms with E-state index in [-0.39, 0.29) is 5.78 Å². The third kappa shape index (κ3) is 1.92. The molecular formula is C12H12N2OS. The fourth-order valence-electron chi connectivity index (χ4n) is 1.41. The maximum absolute atomic E-state index is 11.2. The molecule has 1 aromatic carbocycles. The highest BCUT2D eigenvalue weighted by atomic mass is 32.1. The lowest BCUT2D eigenvalue weighted by molar-refractivity contribution is 0.102. The number of anilines is 2. The molecule has 0 saturated carbocycles. The van der Waals surface area contributed by atoms with E-state index in [9.17, 15) is 4.79 Å². The van der Waals surface area contributed by atoms with Crippen LogP contribution in [0.15, 0.2) is 30.3 Å². The van der Waals surface area contributed by atoms with Crippen LogP contribution < -0.4 is 11.5 Å². The summed E-state index contributed by atoms with van der Waals surface area (Å²) in [5.41, 5.74) is 13.5. The van der Waals surface area contributed by atoms with Crippen LogP contribution in [-0.4, -0.2) is 5.78 Å². The van der Waals surface area contributed by atoms with Crippen molar-refractivity contribution in [2.75, 3.05) is 11.5 Å². The van der Waals surface area contributed by atoms with E-state index in [4.69, 9.17) is 11.5 Å². The fourth-order valence-corrected chi connectivity index (χ4v) is 2.31. The van der Waals surface area contributed by atoms with Gasteiger partial charge in [0.25, 0.3) is 0 Å². The van der Waals surface area contributed by atoms with Crippen LogP contribution in [0, 0.1) is 0 Å². The number of Topliss-reactive ketones (excluding diaryl/α,β-unsaturated/α-hetero) is 1. The van der Waals surface area contributed by atoms with Crippen molar-refractivity contribution in [1.82, 2.24) is 0 Å². The second kappa shape index (κ2) is 3.98. The summed E-state index contributed by atoms with van der Waals surface area (Å²) in [5, 5.41) is 0. The Morgan fingerprint density at radius 2 is 1.88 bits per heavy atom. The van der Waals surface area contributed by atoms with Gasteiger partial charge in [-0.15, -0.1) is 11.3 Å². The van der Waals surface area contributed by atoms with E-state index in [1.807, 2.05) is 24.3 Å². The van der Waals surface area contributed by atoms with Gasteiger partial charge in [-0.1, -0.05) is 6.07 Å². The molecule has 0 amide bonds. The zero-order valence-corrected chi connectivity index (χ0v) is 9.67. The van der Waals surface area contributed by atoms with Crippen molar-refractivity contribution in [3.05, 3.63) is 35.2 Å². The molecule has 0 bridgehead atoms. The molecule has 1 aromatic heterocycles. The largest absolute Gasteiger partial charge is 0.397 e. The second-order valence-corrected chi connectivity index (χ2v) is 4.65. The summed E-state index contributed by atoms with van der Waals surface area (Å²) in [6.07, 6.45) is 0. The number of nitrogen functional groups attached to an aromatic ring is 2. The highest BCUT2D eigenvalue weighted by Gasteiger charge is 2.07. The lowest BCUT2D eigenvalue weighted by Crippen LogP contribution is -1.93. The van der Waals surface area contributed by atoms with Crippen LogP contribution in [0.25, 0.3) is 10.4 Å². The summed E-state index contributed by atoms with van der Waals surface area (Å²) in [4.78, 5) is 13.0. The first kappa shape index (κ1) is 10.7. The number of carbonyl (C=O) groups excluding carboxylic acids is 1. The number of ketones is 1. The molecular weight excluding hydrogens is 220 g/mol. The van der Waals surface area contributed by atoms with Gasteiger partial charge in [-0.05, 0) is 36.8 Å². The van der Waals surface area contributed by atoms with Crippen LogP contribution in [0.5, 0.6) is 0 Å². The maximum Gasteiger partial charge on any atom is 0.169 e. The van der Waals surface area contributed by atoms with Crippen LogP contribution in [0.4, 0.5) is 11.4 Å². The minimum Gasteiger partial charge on any atom is -0.397 e. The molecule has 0 spiro atoms. The highest BCUT2D eigenvalue weighted by molar-refractivity contribution is 7.17. The van der Waals surface area contributed by atoms with E-state index in [0.29, 0.717) is 11.4 Å². The average molecular weight is 232 g/mol. The third-order valence-corrected chi connectivity index (χ3v) is 3.56. The van der Waals surface area contributed by atoms with Gasteiger partial charge < -0.3 is 11.5 Å². The Balaban J connectivity index is 2.42. The Bertz CT molecular complexity index is 546. The van der Waals surface area contributed by atoms with E-state index >= 15 is 0 Å². The zero-order chi connectivity index (χ0) is 11.7.